The molecule has 1 aliphatic rings. The van der Waals surface area contributed by atoms with Crippen molar-refractivity contribution < 1.29 is 37.7 Å². The number of carboxylic acid groups (broad SMARTS) is 1. The normalized spacial score (nSPS) is 26.1. The summed E-state index contributed by atoms with van der Waals surface area (Å²) >= 11 is 0. The maximum Gasteiger partial charge on any atom is 0.459 e. The van der Waals surface area contributed by atoms with Crippen LogP contribution < -0.4 is 14.9 Å². The van der Waals surface area contributed by atoms with Gasteiger partial charge in [-0.05, 0) is 32.9 Å². The highest BCUT2D eigenvalue weighted by molar-refractivity contribution is 7.52. The zero-order valence-electron chi connectivity index (χ0n) is 20.5. The van der Waals surface area contributed by atoms with E-state index in [-0.39, 0.29) is 11.4 Å². The van der Waals surface area contributed by atoms with Gasteiger partial charge in [-0.25, -0.2) is 23.9 Å². The van der Waals surface area contributed by atoms with Crippen LogP contribution in [0.1, 0.15) is 25.9 Å². The number of imidazole rings is 1. The molecule has 1 aromatic carbocycles. The van der Waals surface area contributed by atoms with Gasteiger partial charge in [0, 0.05) is 7.05 Å². The Balaban J connectivity index is 1.58. The number of carboxylic acids is 1. The van der Waals surface area contributed by atoms with Crippen LogP contribution in [0, 0.1) is 6.92 Å². The van der Waals surface area contributed by atoms with Crippen LogP contribution in [0.15, 0.2) is 36.7 Å². The van der Waals surface area contributed by atoms with E-state index in [4.69, 9.17) is 13.8 Å². The fourth-order valence-electron chi connectivity index (χ4n) is 3.90. The number of aryl methyl sites for hydroxylation is 1. The monoisotopic (exact) mass is 538 g/mol. The number of alkyl halides is 1. The molecule has 1 fully saturated rings. The van der Waals surface area contributed by atoms with Gasteiger partial charge < -0.3 is 24.8 Å². The Kier molecular flexibility index (Phi) is 7.49. The summed E-state index contributed by atoms with van der Waals surface area (Å²) in [4.78, 5) is 24.2. The first kappa shape index (κ1) is 26.9. The molecule has 3 heterocycles. The first-order valence-electron chi connectivity index (χ1n) is 11.4. The molecule has 0 bridgehead atoms. The van der Waals surface area contributed by atoms with Gasteiger partial charge >= 0.3 is 13.7 Å². The van der Waals surface area contributed by atoms with Gasteiger partial charge in [0.05, 0.1) is 12.9 Å². The molecule has 6 atom stereocenters. The van der Waals surface area contributed by atoms with Crippen molar-refractivity contribution in [1.82, 2.24) is 24.6 Å². The number of rotatable bonds is 10. The number of ether oxygens (including phenoxy) is 1. The average molecular weight is 538 g/mol. The molecule has 0 spiro atoms. The minimum atomic E-state index is -4.30. The molecular weight excluding hydrogens is 510 g/mol. The Labute approximate surface area is 211 Å². The first-order chi connectivity index (χ1) is 17.4. The molecule has 3 aromatic rings. The maximum atomic E-state index is 15.8. The second-order valence-electron chi connectivity index (χ2n) is 8.70. The summed E-state index contributed by atoms with van der Waals surface area (Å²) in [6, 6.07) is 6.68. The fraction of sp³-hybridized carbons (Fsp3) is 0.455. The van der Waals surface area contributed by atoms with Crippen LogP contribution in [-0.4, -0.2) is 73.3 Å². The number of aliphatic carboxylic acids is 1. The van der Waals surface area contributed by atoms with Gasteiger partial charge in [-0.3, -0.25) is 13.9 Å². The molecule has 15 heteroatoms. The van der Waals surface area contributed by atoms with Crippen LogP contribution in [-0.2, 0) is 18.6 Å². The molecule has 0 aliphatic carbocycles. The summed E-state index contributed by atoms with van der Waals surface area (Å²) in [5.74, 6) is -0.287. The highest BCUT2D eigenvalue weighted by Gasteiger charge is 2.56. The molecule has 4 N–H and O–H groups in total. The van der Waals surface area contributed by atoms with E-state index < -0.39 is 50.5 Å². The number of nitrogens with one attached hydrogen (secondary N) is 2. The molecule has 37 heavy (non-hydrogen) atoms. The zero-order valence-corrected chi connectivity index (χ0v) is 21.4. The number of benzene rings is 1. The summed E-state index contributed by atoms with van der Waals surface area (Å²) in [5.41, 5.74) is -1.66. The number of hydrogen-bond acceptors (Lipinski definition) is 10. The Morgan fingerprint density at radius 1 is 1.35 bits per heavy atom. The third-order valence-electron chi connectivity index (χ3n) is 5.84. The van der Waals surface area contributed by atoms with E-state index in [1.165, 1.54) is 30.0 Å². The van der Waals surface area contributed by atoms with Crippen molar-refractivity contribution in [2.75, 3.05) is 19.0 Å². The first-order valence-corrected chi connectivity index (χ1v) is 12.9. The Hall–Kier alpha value is -3.16. The molecule has 1 saturated heterocycles. The molecule has 0 radical (unpaired) electrons. The number of hydrogen-bond donors (Lipinski definition) is 4. The minimum absolute atomic E-state index is 0.150. The molecule has 200 valence electrons. The minimum Gasteiger partial charge on any atom is -0.480 e. The van der Waals surface area contributed by atoms with Crippen molar-refractivity contribution in [2.24, 2.45) is 0 Å². The van der Waals surface area contributed by atoms with Gasteiger partial charge in [0.2, 0.25) is 0 Å². The average Bonchev–Trinajstić information content (AvgIpc) is 3.35. The number of fused-ring (bicyclic) bond motifs is 1. The van der Waals surface area contributed by atoms with Crippen LogP contribution in [0.5, 0.6) is 5.75 Å². The highest BCUT2D eigenvalue weighted by Crippen LogP contribution is 2.48. The lowest BCUT2D eigenvalue weighted by Crippen LogP contribution is -2.41. The SMILES string of the molecule is CNc1nc(C)nc2c1ncn2[C@@H]1O[C@H](COP(=O)(N[C@@H](C)C(=O)O)Oc2ccccc2)[C@@H](O)[C@@]1(C)F. The van der Waals surface area contributed by atoms with Crippen molar-refractivity contribution in [3.05, 3.63) is 42.5 Å². The van der Waals surface area contributed by atoms with Crippen molar-refractivity contribution >= 4 is 30.7 Å². The zero-order chi connectivity index (χ0) is 27.0. The number of anilines is 1. The largest absolute Gasteiger partial charge is 0.480 e. The highest BCUT2D eigenvalue weighted by atomic mass is 31.2. The van der Waals surface area contributed by atoms with E-state index in [2.05, 4.69) is 25.4 Å². The van der Waals surface area contributed by atoms with Gasteiger partial charge in [0.15, 0.2) is 28.9 Å². The number of nitrogens with zero attached hydrogens (tertiary/aromatic N) is 4. The molecule has 13 nitrogen and oxygen atoms in total. The third-order valence-corrected chi connectivity index (χ3v) is 7.48. The smallest absolute Gasteiger partial charge is 0.459 e. The molecule has 1 aliphatic heterocycles. The second kappa shape index (κ2) is 10.3. The van der Waals surface area contributed by atoms with Gasteiger partial charge in [0.25, 0.3) is 0 Å². The van der Waals surface area contributed by atoms with E-state index in [0.717, 1.165) is 6.92 Å². The lowest BCUT2D eigenvalue weighted by atomic mass is 9.98. The van der Waals surface area contributed by atoms with E-state index in [0.29, 0.717) is 17.2 Å². The Morgan fingerprint density at radius 3 is 2.70 bits per heavy atom. The number of para-hydroxylation sites is 1. The molecule has 2 aromatic heterocycles. The number of halogens is 1. The van der Waals surface area contributed by atoms with Crippen LogP contribution in [0.25, 0.3) is 11.2 Å². The van der Waals surface area contributed by atoms with Gasteiger partial charge in [-0.2, -0.15) is 5.09 Å². The summed E-state index contributed by atoms with van der Waals surface area (Å²) in [5, 5.41) is 25.3. The molecule has 1 unspecified atom stereocenters. The van der Waals surface area contributed by atoms with Crippen molar-refractivity contribution in [2.45, 2.75) is 50.9 Å². The van der Waals surface area contributed by atoms with Gasteiger partial charge in [-0.1, -0.05) is 18.2 Å². The number of aliphatic hydroxyl groups is 1. The Bertz CT molecular complexity index is 1320. The van der Waals surface area contributed by atoms with Crippen LogP contribution in [0.2, 0.25) is 0 Å². The van der Waals surface area contributed by atoms with Crippen LogP contribution >= 0.6 is 7.75 Å². The van der Waals surface area contributed by atoms with E-state index in [1.54, 1.807) is 32.2 Å². The summed E-state index contributed by atoms with van der Waals surface area (Å²) < 4.78 is 47.4. The number of aromatic nitrogens is 4. The topological polar surface area (TPSA) is 170 Å². The number of carbonyl (C=O) groups is 1. The number of aliphatic hydroxyl groups excluding tert-OH is 1. The predicted octanol–water partition coefficient (Wildman–Crippen LogP) is 2.43. The molecule has 4 rings (SSSR count). The summed E-state index contributed by atoms with van der Waals surface area (Å²) in [7, 11) is -2.64. The van der Waals surface area contributed by atoms with Gasteiger partial charge in [-0.15, -0.1) is 0 Å². The molecule has 0 amide bonds. The van der Waals surface area contributed by atoms with Crippen LogP contribution in [0.3, 0.4) is 0 Å². The third kappa shape index (κ3) is 5.43. The summed E-state index contributed by atoms with van der Waals surface area (Å²) in [6.07, 6.45) is -3.03. The van der Waals surface area contributed by atoms with Crippen molar-refractivity contribution in [3.63, 3.8) is 0 Å². The molecular formula is C22H28FN6O7P. The Morgan fingerprint density at radius 2 is 2.05 bits per heavy atom. The summed E-state index contributed by atoms with van der Waals surface area (Å²) in [6.45, 7) is 3.51. The fourth-order valence-corrected chi connectivity index (χ4v) is 5.40. The van der Waals surface area contributed by atoms with E-state index in [1.807, 2.05) is 0 Å². The quantitative estimate of drug-likeness (QED) is 0.279. The van der Waals surface area contributed by atoms with Crippen molar-refractivity contribution in [3.8, 4) is 5.75 Å². The standard InChI is InChI=1S/C22H28FN6O7P/c1-12(20(31)32)28-37(33,36-14-8-6-5-7-9-14)34-10-15-17(30)22(3,23)21(35-15)29-11-25-16-18(24-4)26-13(2)27-19(16)29/h5-9,11-12,15,17,21,30H,10H2,1-4H3,(H,28,33)(H,31,32)(H,24,26,27)/t12-,15+,17+,21+,22+,37?/m0/s1. The second-order valence-corrected chi connectivity index (χ2v) is 10.4. The van der Waals surface area contributed by atoms with Crippen molar-refractivity contribution in [1.29, 1.82) is 0 Å². The lowest BCUT2D eigenvalue weighted by Gasteiger charge is -2.25. The predicted molar refractivity (Wildman–Crippen MR) is 130 cm³/mol. The molecule has 0 saturated carbocycles. The van der Waals surface area contributed by atoms with E-state index in [9.17, 15) is 19.6 Å². The van der Waals surface area contributed by atoms with E-state index >= 15 is 4.39 Å². The lowest BCUT2D eigenvalue weighted by molar-refractivity contribution is -0.138. The van der Waals surface area contributed by atoms with Crippen LogP contribution in [0.4, 0.5) is 10.2 Å². The maximum absolute atomic E-state index is 15.8. The van der Waals surface area contributed by atoms with Gasteiger partial charge in [0.1, 0.15) is 29.8 Å².